The molecule has 5 heterocycles. The molecular weight excluding hydrogens is 759 g/mol. The monoisotopic (exact) mass is 823 g/mol. The minimum absolute atomic E-state index is 0.231. The van der Waals surface area contributed by atoms with E-state index in [1.54, 1.807) is 37.5 Å². The number of pyridine rings is 1. The highest BCUT2D eigenvalue weighted by Crippen LogP contribution is 2.46. The number of aryl methyl sites for hydroxylation is 1. The summed E-state index contributed by atoms with van der Waals surface area (Å²) in [5.41, 5.74) is 0.326. The third-order valence-corrected chi connectivity index (χ3v) is 13.4. The van der Waals surface area contributed by atoms with Gasteiger partial charge in [-0.3, -0.25) is 14.6 Å². The lowest BCUT2D eigenvalue weighted by atomic mass is 9.73. The van der Waals surface area contributed by atoms with Crippen molar-refractivity contribution < 1.29 is 47.9 Å². The molecule has 15 heteroatoms. The molecule has 6 rings (SSSR count). The Morgan fingerprint density at radius 2 is 1.76 bits per heavy atom. The number of fused-ring (bicyclic) bond motifs is 2. The normalized spacial score (nSPS) is 36.9. The lowest BCUT2D eigenvalue weighted by Crippen LogP contribution is -2.63. The molecule has 13 atom stereocenters. The van der Waals surface area contributed by atoms with Gasteiger partial charge < -0.3 is 38.4 Å². The number of aliphatic hydroxyl groups is 1. The summed E-state index contributed by atoms with van der Waals surface area (Å²) >= 11 is 0. The number of aromatic nitrogens is 1. The van der Waals surface area contributed by atoms with Crippen molar-refractivity contribution in [2.45, 2.75) is 141 Å². The predicted octanol–water partition coefficient (Wildman–Crippen LogP) is 5.40. The van der Waals surface area contributed by atoms with Crippen LogP contribution in [-0.4, -0.2) is 138 Å². The second-order valence-corrected chi connectivity index (χ2v) is 17.7. The van der Waals surface area contributed by atoms with E-state index in [0.717, 1.165) is 27.9 Å². The van der Waals surface area contributed by atoms with E-state index in [0.29, 0.717) is 38.6 Å². The first kappa shape index (κ1) is 44.7. The molecule has 2 aromatic rings. The molecular formula is C44H65N5O10. The van der Waals surface area contributed by atoms with E-state index < -0.39 is 71.5 Å². The van der Waals surface area contributed by atoms with Gasteiger partial charge in [-0.25, -0.2) is 4.79 Å². The largest absolute Gasteiger partial charge is 0.497 e. The number of methoxy groups -OCH3 is 2. The molecule has 4 aliphatic heterocycles. The summed E-state index contributed by atoms with van der Waals surface area (Å²) in [5, 5.41) is 21.1. The zero-order chi connectivity index (χ0) is 43.1. The third-order valence-electron chi connectivity index (χ3n) is 13.4. The van der Waals surface area contributed by atoms with Gasteiger partial charge in [0.2, 0.25) is 0 Å². The van der Waals surface area contributed by atoms with Gasteiger partial charge in [0.25, 0.3) is 0 Å². The van der Waals surface area contributed by atoms with Crippen LogP contribution in [0.3, 0.4) is 0 Å². The zero-order valence-corrected chi connectivity index (χ0v) is 36.8. The average Bonchev–Trinajstić information content (AvgIpc) is 3.49. The van der Waals surface area contributed by atoms with Gasteiger partial charge in [0, 0.05) is 48.3 Å². The van der Waals surface area contributed by atoms with Crippen LogP contribution in [0.1, 0.15) is 86.6 Å². The van der Waals surface area contributed by atoms with Crippen LogP contribution in [0.25, 0.3) is 10.9 Å². The zero-order valence-electron chi connectivity index (χ0n) is 36.8. The standard InChI is InChI=1S/C44H65N5O10/c1-13-34-44(8)38-26(4)35(46-48(49(38)42(53)59-44)20-14-15-29-18-19-45-32-22-30(54-11)16-17-31(29)32)24(2)23-43(7,55-12)39(27(5)36(50)28(6)40(52)57-34)58-41-37(51)33(47(9)10)21-25(3)56-41/h16-19,22,24-28,33-34,37-39,41,51H,13-15,20-21,23H2,1-12H3/t24-,25+,26+,27+,28-,33-,34-,37+,38-,39-,41-,43?,44-/m1/s1. The van der Waals surface area contributed by atoms with Crippen LogP contribution in [0, 0.1) is 23.7 Å². The number of nitrogens with zero attached hydrogens (tertiary/aromatic N) is 5. The molecule has 0 aliphatic carbocycles. The molecule has 1 N–H and O–H groups in total. The minimum Gasteiger partial charge on any atom is -0.497 e. The number of hydrazone groups is 1. The molecule has 0 saturated carbocycles. The van der Waals surface area contributed by atoms with Crippen LogP contribution >= 0.6 is 0 Å². The Labute approximate surface area is 348 Å². The average molecular weight is 824 g/mol. The Morgan fingerprint density at radius 1 is 1.03 bits per heavy atom. The summed E-state index contributed by atoms with van der Waals surface area (Å²) in [7, 11) is 7.01. The molecule has 326 valence electrons. The van der Waals surface area contributed by atoms with E-state index in [9.17, 15) is 19.5 Å². The van der Waals surface area contributed by atoms with Crippen LogP contribution in [0.5, 0.6) is 5.75 Å². The number of Topliss-reactive ketones (excluding diaryl/α,β-unsaturated/α-hetero) is 1. The molecule has 1 unspecified atom stereocenters. The van der Waals surface area contributed by atoms with E-state index in [-0.39, 0.29) is 24.0 Å². The molecule has 59 heavy (non-hydrogen) atoms. The fourth-order valence-corrected chi connectivity index (χ4v) is 10.1. The number of hydrogen-bond donors (Lipinski definition) is 1. The Bertz CT molecular complexity index is 1890. The highest BCUT2D eigenvalue weighted by Gasteiger charge is 2.63. The van der Waals surface area contributed by atoms with Gasteiger partial charge in [-0.1, -0.05) is 27.7 Å². The van der Waals surface area contributed by atoms with Gasteiger partial charge in [-0.15, -0.1) is 0 Å². The quantitative estimate of drug-likeness (QED) is 0.240. The van der Waals surface area contributed by atoms with Crippen molar-refractivity contribution in [3.63, 3.8) is 0 Å². The number of hydrazine groups is 1. The van der Waals surface area contributed by atoms with Crippen molar-refractivity contribution in [1.82, 2.24) is 20.0 Å². The van der Waals surface area contributed by atoms with E-state index in [4.69, 9.17) is 33.5 Å². The van der Waals surface area contributed by atoms with Crippen LogP contribution in [0.2, 0.25) is 0 Å². The van der Waals surface area contributed by atoms with E-state index in [2.05, 4.69) is 11.9 Å². The van der Waals surface area contributed by atoms with Crippen LogP contribution in [0.15, 0.2) is 35.6 Å². The van der Waals surface area contributed by atoms with E-state index in [1.807, 2.05) is 77.9 Å². The van der Waals surface area contributed by atoms with Crippen molar-refractivity contribution in [3.05, 3.63) is 36.0 Å². The molecule has 3 fully saturated rings. The maximum absolute atomic E-state index is 14.4. The van der Waals surface area contributed by atoms with Crippen molar-refractivity contribution in [1.29, 1.82) is 0 Å². The molecule has 1 aromatic heterocycles. The van der Waals surface area contributed by atoms with Crippen molar-refractivity contribution in [2.24, 2.45) is 28.8 Å². The Kier molecular flexibility index (Phi) is 13.3. The van der Waals surface area contributed by atoms with E-state index in [1.165, 1.54) is 6.92 Å². The summed E-state index contributed by atoms with van der Waals surface area (Å²) < 4.78 is 37.2. The Hall–Kier alpha value is -3.89. The summed E-state index contributed by atoms with van der Waals surface area (Å²) in [4.78, 5) is 49.0. The van der Waals surface area contributed by atoms with Gasteiger partial charge in [-0.05, 0) is 104 Å². The molecule has 4 aliphatic rings. The van der Waals surface area contributed by atoms with Gasteiger partial charge in [0.15, 0.2) is 17.7 Å². The van der Waals surface area contributed by atoms with Crippen LogP contribution < -0.4 is 4.74 Å². The summed E-state index contributed by atoms with van der Waals surface area (Å²) in [6, 6.07) is 7.01. The van der Waals surface area contributed by atoms with E-state index >= 15 is 0 Å². The second-order valence-electron chi connectivity index (χ2n) is 17.7. The van der Waals surface area contributed by atoms with Crippen molar-refractivity contribution in [2.75, 3.05) is 34.9 Å². The topological polar surface area (TPSA) is 162 Å². The number of cyclic esters (lactones) is 1. The smallest absolute Gasteiger partial charge is 0.431 e. The number of esters is 1. The number of likely N-dealkylation sites (N-methyl/N-ethyl adjacent to an activating group) is 1. The van der Waals surface area contributed by atoms with Crippen molar-refractivity contribution in [3.8, 4) is 5.75 Å². The second kappa shape index (κ2) is 17.6. The number of hydrogen-bond acceptors (Lipinski definition) is 14. The fraction of sp³-hybridized carbons (Fsp3) is 0.705. The maximum Gasteiger partial charge on any atom is 0.431 e. The maximum atomic E-state index is 14.4. The summed E-state index contributed by atoms with van der Waals surface area (Å²) in [6.45, 7) is 15.3. The van der Waals surface area contributed by atoms with Crippen molar-refractivity contribution >= 4 is 34.5 Å². The SMILES string of the molecule is CC[C@H]1OC(=O)[C@H](C)C(=O)[C@H](C)[C@@H](O[C@H]2O[C@@H](C)C[C@@H](N(C)C)[C@@H]2O)C(C)(OC)C[C@@H](C)C2=NN(CCCc3ccnc4cc(OC)ccc34)N3C(=O)O[C@@]1(C)[C@H]3[C@H]2C. The number of ether oxygens (including phenoxy) is 6. The third kappa shape index (κ3) is 8.42. The molecule has 1 amide bonds. The number of carbonyl (C=O) groups is 3. The number of carbonyl (C=O) groups excluding carboxylic acids is 3. The van der Waals surface area contributed by atoms with Crippen LogP contribution in [-0.2, 0) is 39.7 Å². The first-order chi connectivity index (χ1) is 27.9. The highest BCUT2D eigenvalue weighted by atomic mass is 16.7. The number of aliphatic hydroxyl groups excluding tert-OH is 1. The minimum atomic E-state index is -1.27. The molecule has 3 saturated heterocycles. The fourth-order valence-electron chi connectivity index (χ4n) is 10.1. The van der Waals surface area contributed by atoms with Gasteiger partial charge in [0.05, 0.1) is 37.0 Å². The molecule has 0 spiro atoms. The van der Waals surface area contributed by atoms with Crippen LogP contribution in [0.4, 0.5) is 4.79 Å². The summed E-state index contributed by atoms with van der Waals surface area (Å²) in [6.07, 6.45) is -0.331. The molecule has 2 bridgehead atoms. The first-order valence-corrected chi connectivity index (χ1v) is 21.1. The lowest BCUT2D eigenvalue weighted by molar-refractivity contribution is -0.295. The van der Waals surface area contributed by atoms with Gasteiger partial charge in [0.1, 0.15) is 29.9 Å². The Morgan fingerprint density at radius 3 is 2.42 bits per heavy atom. The number of benzene rings is 1. The molecule has 1 aromatic carbocycles. The number of amides is 1. The lowest BCUT2D eigenvalue weighted by Gasteiger charge is -2.49. The number of ketones is 1. The molecule has 15 nitrogen and oxygen atoms in total. The predicted molar refractivity (Wildman–Crippen MR) is 220 cm³/mol. The first-order valence-electron chi connectivity index (χ1n) is 21.1. The Balaban J connectivity index is 1.39. The highest BCUT2D eigenvalue weighted by molar-refractivity contribution is 6.00. The van der Waals surface area contributed by atoms with Gasteiger partial charge >= 0.3 is 12.1 Å². The number of rotatable bonds is 10. The summed E-state index contributed by atoms with van der Waals surface area (Å²) in [5.74, 6) is -3.07. The molecule has 0 radical (unpaired) electrons. The van der Waals surface area contributed by atoms with Gasteiger partial charge in [-0.2, -0.15) is 15.2 Å².